The third-order valence-corrected chi connectivity index (χ3v) is 3.08. The van der Waals surface area contributed by atoms with Crippen molar-refractivity contribution in [2.24, 2.45) is 7.05 Å². The van der Waals surface area contributed by atoms with Gasteiger partial charge in [-0.2, -0.15) is 5.10 Å². The predicted octanol–water partition coefficient (Wildman–Crippen LogP) is 2.09. The Morgan fingerprint density at radius 2 is 2.00 bits per heavy atom. The van der Waals surface area contributed by atoms with Crippen molar-refractivity contribution in [3.8, 4) is 0 Å². The summed E-state index contributed by atoms with van der Waals surface area (Å²) in [6.07, 6.45) is -1.65. The summed E-state index contributed by atoms with van der Waals surface area (Å²) >= 11 is 0. The van der Waals surface area contributed by atoms with Crippen LogP contribution in [0.2, 0.25) is 0 Å². The number of hydrogen-bond acceptors (Lipinski definition) is 5. The van der Waals surface area contributed by atoms with Crippen LogP contribution < -0.4 is 0 Å². The molecule has 1 heterocycles. The van der Waals surface area contributed by atoms with Crippen molar-refractivity contribution in [1.29, 1.82) is 0 Å². The molecule has 0 unspecified atom stereocenters. The lowest BCUT2D eigenvalue weighted by molar-refractivity contribution is -0.164. The van der Waals surface area contributed by atoms with Crippen LogP contribution in [0.3, 0.4) is 0 Å². The molecular weight excluding hydrogens is 276 g/mol. The highest BCUT2D eigenvalue weighted by atomic mass is 16.7. The maximum absolute atomic E-state index is 11.6. The van der Waals surface area contributed by atoms with E-state index in [9.17, 15) is 9.59 Å². The molecule has 0 saturated heterocycles. The van der Waals surface area contributed by atoms with Gasteiger partial charge in [0.25, 0.3) is 0 Å². The molecule has 21 heavy (non-hydrogen) atoms. The Morgan fingerprint density at radius 1 is 1.33 bits per heavy atom. The number of para-hydroxylation sites is 1. The fourth-order valence-electron chi connectivity index (χ4n) is 1.91. The summed E-state index contributed by atoms with van der Waals surface area (Å²) in [5, 5.41) is 13.7. The third-order valence-electron chi connectivity index (χ3n) is 3.08. The fraction of sp³-hybridized carbons (Fsp3) is 0.357. The molecule has 7 heteroatoms. The SMILES string of the molecule is Cn1nc(COC(C)(C)C(=O)OC(=O)O)c2ccccc21. The quantitative estimate of drug-likeness (QED) is 0.685. The van der Waals surface area contributed by atoms with Gasteiger partial charge in [0.2, 0.25) is 0 Å². The van der Waals surface area contributed by atoms with Gasteiger partial charge in [0.1, 0.15) is 0 Å². The summed E-state index contributed by atoms with van der Waals surface area (Å²) < 4.78 is 11.3. The molecule has 0 radical (unpaired) electrons. The number of esters is 1. The predicted molar refractivity (Wildman–Crippen MR) is 73.7 cm³/mol. The van der Waals surface area contributed by atoms with E-state index in [1.165, 1.54) is 13.8 Å². The van der Waals surface area contributed by atoms with Crippen LogP contribution in [-0.2, 0) is 27.9 Å². The number of carbonyl (C=O) groups is 2. The molecule has 0 spiro atoms. The molecule has 0 fully saturated rings. The summed E-state index contributed by atoms with van der Waals surface area (Å²) in [4.78, 5) is 22.0. The van der Waals surface area contributed by atoms with Crippen molar-refractivity contribution in [2.75, 3.05) is 0 Å². The summed E-state index contributed by atoms with van der Waals surface area (Å²) in [5.74, 6) is -0.963. The van der Waals surface area contributed by atoms with Crippen molar-refractivity contribution in [3.05, 3.63) is 30.0 Å². The highest BCUT2D eigenvalue weighted by Crippen LogP contribution is 2.21. The van der Waals surface area contributed by atoms with Gasteiger partial charge in [0.05, 0.1) is 17.8 Å². The van der Waals surface area contributed by atoms with Crippen molar-refractivity contribution >= 4 is 23.0 Å². The number of benzene rings is 1. The van der Waals surface area contributed by atoms with Crippen molar-refractivity contribution in [1.82, 2.24) is 9.78 Å². The van der Waals surface area contributed by atoms with Crippen LogP contribution in [0.4, 0.5) is 4.79 Å². The minimum atomic E-state index is -1.65. The fourth-order valence-corrected chi connectivity index (χ4v) is 1.91. The number of fused-ring (bicyclic) bond motifs is 1. The smallest absolute Gasteiger partial charge is 0.449 e. The van der Waals surface area contributed by atoms with E-state index in [1.807, 2.05) is 31.3 Å². The number of nitrogens with zero attached hydrogens (tertiary/aromatic N) is 2. The minimum absolute atomic E-state index is 0.0725. The monoisotopic (exact) mass is 292 g/mol. The zero-order valence-electron chi connectivity index (χ0n) is 12.0. The second kappa shape index (κ2) is 5.53. The van der Waals surface area contributed by atoms with Crippen LogP contribution >= 0.6 is 0 Å². The van der Waals surface area contributed by atoms with Crippen molar-refractivity contribution < 1.29 is 24.2 Å². The first-order valence-electron chi connectivity index (χ1n) is 6.31. The minimum Gasteiger partial charge on any atom is -0.449 e. The second-order valence-corrected chi connectivity index (χ2v) is 5.04. The molecule has 1 aromatic heterocycles. The summed E-state index contributed by atoms with van der Waals surface area (Å²) in [6, 6.07) is 7.62. The molecule has 112 valence electrons. The van der Waals surface area contributed by atoms with Gasteiger partial charge in [-0.25, -0.2) is 9.59 Å². The third kappa shape index (κ3) is 3.19. The van der Waals surface area contributed by atoms with E-state index >= 15 is 0 Å². The molecule has 0 bridgehead atoms. The Hall–Kier alpha value is -2.41. The summed E-state index contributed by atoms with van der Waals surface area (Å²) in [5.41, 5.74) is 0.239. The van der Waals surface area contributed by atoms with Crippen molar-refractivity contribution in [2.45, 2.75) is 26.1 Å². The first kappa shape index (κ1) is 15.0. The zero-order valence-corrected chi connectivity index (χ0v) is 12.0. The maximum atomic E-state index is 11.6. The lowest BCUT2D eigenvalue weighted by Gasteiger charge is -2.21. The molecule has 0 amide bonds. The van der Waals surface area contributed by atoms with Gasteiger partial charge in [-0.15, -0.1) is 0 Å². The van der Waals surface area contributed by atoms with Crippen LogP contribution in [-0.4, -0.2) is 32.6 Å². The molecule has 1 aromatic carbocycles. The Labute approximate surface area is 121 Å². The van der Waals surface area contributed by atoms with Gasteiger partial charge in [-0.3, -0.25) is 4.68 Å². The zero-order chi connectivity index (χ0) is 15.6. The topological polar surface area (TPSA) is 90.7 Å². The highest BCUT2D eigenvalue weighted by molar-refractivity contribution is 5.87. The number of aryl methyl sites for hydroxylation is 1. The average molecular weight is 292 g/mol. The number of ether oxygens (including phenoxy) is 2. The van der Waals surface area contributed by atoms with Crippen molar-refractivity contribution in [3.63, 3.8) is 0 Å². The van der Waals surface area contributed by atoms with E-state index < -0.39 is 17.7 Å². The van der Waals surface area contributed by atoms with E-state index in [-0.39, 0.29) is 6.61 Å². The molecule has 2 aromatic rings. The Balaban J connectivity index is 2.14. The average Bonchev–Trinajstić information content (AvgIpc) is 2.73. The Bertz CT molecular complexity index is 690. The molecule has 0 saturated carbocycles. The van der Waals surface area contributed by atoms with E-state index in [4.69, 9.17) is 9.84 Å². The van der Waals surface area contributed by atoms with Crippen LogP contribution in [0.15, 0.2) is 24.3 Å². The largest absolute Gasteiger partial charge is 0.513 e. The van der Waals surface area contributed by atoms with Gasteiger partial charge in [0, 0.05) is 12.4 Å². The molecule has 0 aliphatic rings. The van der Waals surface area contributed by atoms with E-state index in [0.717, 1.165) is 10.9 Å². The molecule has 1 N–H and O–H groups in total. The van der Waals surface area contributed by atoms with E-state index in [2.05, 4.69) is 9.84 Å². The van der Waals surface area contributed by atoms with Crippen LogP contribution in [0.5, 0.6) is 0 Å². The van der Waals surface area contributed by atoms with Crippen LogP contribution in [0.1, 0.15) is 19.5 Å². The van der Waals surface area contributed by atoms with Gasteiger partial charge in [0.15, 0.2) is 5.60 Å². The number of aromatic nitrogens is 2. The standard InChI is InChI=1S/C14H16N2O5/c1-14(2,12(17)21-13(18)19)20-8-10-9-6-4-5-7-11(9)16(3)15-10/h4-7H,8H2,1-3H3,(H,18,19). The second-order valence-electron chi connectivity index (χ2n) is 5.04. The first-order valence-corrected chi connectivity index (χ1v) is 6.31. The van der Waals surface area contributed by atoms with Gasteiger partial charge in [-0.05, 0) is 19.9 Å². The number of carboxylic acid groups (broad SMARTS) is 1. The molecule has 2 rings (SSSR count). The summed E-state index contributed by atoms with van der Waals surface area (Å²) in [7, 11) is 1.82. The maximum Gasteiger partial charge on any atom is 0.513 e. The van der Waals surface area contributed by atoms with Crippen LogP contribution in [0.25, 0.3) is 10.9 Å². The molecule has 0 atom stereocenters. The van der Waals surface area contributed by atoms with Gasteiger partial charge >= 0.3 is 12.1 Å². The number of carbonyl (C=O) groups excluding carboxylic acids is 1. The molecule has 7 nitrogen and oxygen atoms in total. The van der Waals surface area contributed by atoms with E-state index in [0.29, 0.717) is 5.69 Å². The molecular formula is C14H16N2O5. The lowest BCUT2D eigenvalue weighted by Crippen LogP contribution is -2.37. The normalized spacial score (nSPS) is 11.6. The first-order chi connectivity index (χ1) is 9.81. The Kier molecular flexibility index (Phi) is 3.95. The molecule has 0 aliphatic carbocycles. The highest BCUT2D eigenvalue weighted by Gasteiger charge is 2.32. The lowest BCUT2D eigenvalue weighted by atomic mass is 10.1. The van der Waals surface area contributed by atoms with Gasteiger partial charge < -0.3 is 14.6 Å². The molecule has 0 aliphatic heterocycles. The van der Waals surface area contributed by atoms with Crippen LogP contribution in [0, 0.1) is 0 Å². The Morgan fingerprint density at radius 3 is 2.67 bits per heavy atom. The summed E-state index contributed by atoms with van der Waals surface area (Å²) in [6.45, 7) is 2.97. The van der Waals surface area contributed by atoms with E-state index in [1.54, 1.807) is 4.68 Å². The number of hydrogen-bond donors (Lipinski definition) is 1. The number of rotatable bonds is 4. The van der Waals surface area contributed by atoms with Gasteiger partial charge in [-0.1, -0.05) is 18.2 Å².